The zero-order valence-corrected chi connectivity index (χ0v) is 23.0. The molecule has 4 nitrogen and oxygen atoms in total. The smallest absolute Gasteiger partial charge is 0.220 e. The van der Waals surface area contributed by atoms with Crippen LogP contribution in [0.25, 0.3) is 0 Å². The van der Waals surface area contributed by atoms with Gasteiger partial charge in [-0.25, -0.2) is 16.8 Å². The maximum atomic E-state index is 12.0. The van der Waals surface area contributed by atoms with E-state index >= 15 is 0 Å². The normalized spacial score (nSPS) is 12.9. The van der Waals surface area contributed by atoms with Gasteiger partial charge in [-0.1, -0.05) is 70.7 Å². The van der Waals surface area contributed by atoms with Gasteiger partial charge in [-0.05, 0) is 85.4 Å². The van der Waals surface area contributed by atoms with Crippen LogP contribution in [0.3, 0.4) is 0 Å². The van der Waals surface area contributed by atoms with Gasteiger partial charge in [-0.15, -0.1) is 0 Å². The van der Waals surface area contributed by atoms with Gasteiger partial charge in [0.2, 0.25) is 21.1 Å². The molecule has 0 unspecified atom stereocenters. The molecule has 0 N–H and O–H groups in total. The van der Waals surface area contributed by atoms with Crippen molar-refractivity contribution in [3.8, 4) is 0 Å². The van der Waals surface area contributed by atoms with Crippen LogP contribution in [0.5, 0.6) is 0 Å². The lowest BCUT2D eigenvalue weighted by Crippen LogP contribution is -2.19. The molecule has 156 valence electrons. The first-order chi connectivity index (χ1) is 12.5. The quantitative estimate of drug-likeness (QED) is 0.333. The van der Waals surface area contributed by atoms with Crippen molar-refractivity contribution < 1.29 is 16.8 Å². The Morgan fingerprint density at radius 1 is 0.786 bits per heavy atom. The average molecular weight is 680 g/mol. The summed E-state index contributed by atoms with van der Waals surface area (Å²) in [5, 5.41) is 0. The number of halogens is 6. The Balaban J connectivity index is 0.000000283. The Labute approximate surface area is 205 Å². The monoisotopic (exact) mass is 676 g/mol. The van der Waals surface area contributed by atoms with Gasteiger partial charge in [0, 0.05) is 0 Å². The summed E-state index contributed by atoms with van der Waals surface area (Å²) in [6.07, 6.45) is 0. The predicted octanol–water partition coefficient (Wildman–Crippen LogP) is 6.66. The summed E-state index contributed by atoms with van der Waals surface area (Å²) in [4.78, 5) is 0.300. The van der Waals surface area contributed by atoms with E-state index in [1.165, 1.54) is 12.1 Å². The highest BCUT2D eigenvalue weighted by atomic mass is 80.0. The minimum absolute atomic E-state index is 0.00463. The van der Waals surface area contributed by atoms with Crippen molar-refractivity contribution in [1.29, 1.82) is 0 Å². The molecule has 0 bridgehead atoms. The van der Waals surface area contributed by atoms with Crippen LogP contribution in [0.2, 0.25) is 0 Å². The summed E-state index contributed by atoms with van der Waals surface area (Å²) in [5.74, 6) is 0. The van der Waals surface area contributed by atoms with E-state index in [0.29, 0.717) is 4.90 Å². The van der Waals surface area contributed by atoms with E-state index in [1.54, 1.807) is 37.3 Å². The number of sulfone groups is 2. The molecule has 2 aromatic rings. The molecule has 2 aromatic carbocycles. The van der Waals surface area contributed by atoms with Crippen molar-refractivity contribution >= 4 is 102 Å². The van der Waals surface area contributed by atoms with Gasteiger partial charge in [-0.3, -0.25) is 0 Å². The molecule has 0 aliphatic heterocycles. The van der Waals surface area contributed by atoms with Gasteiger partial charge in [0.1, 0.15) is 0 Å². The van der Waals surface area contributed by atoms with Crippen LogP contribution < -0.4 is 0 Å². The third-order valence-corrected chi connectivity index (χ3v) is 12.1. The highest BCUT2D eigenvalue weighted by Crippen LogP contribution is 2.44. The molecule has 0 aromatic heterocycles. The Morgan fingerprint density at radius 3 is 1.68 bits per heavy atom. The van der Waals surface area contributed by atoms with Crippen molar-refractivity contribution in [3.05, 3.63) is 59.7 Å². The van der Waals surface area contributed by atoms with Crippen LogP contribution in [0.15, 0.2) is 58.3 Å². The number of rotatable bonds is 2. The Morgan fingerprint density at radius 2 is 1.29 bits per heavy atom. The summed E-state index contributed by atoms with van der Waals surface area (Å²) in [5.41, 5.74) is 1.77. The molecule has 0 spiro atoms. The van der Waals surface area contributed by atoms with Gasteiger partial charge in [0.25, 0.3) is 3.12 Å². The first-order valence-electron chi connectivity index (χ1n) is 7.27. The second-order valence-corrected chi connectivity index (χ2v) is 20.9. The molecule has 0 amide bonds. The van der Waals surface area contributed by atoms with Crippen LogP contribution in [-0.4, -0.2) is 21.4 Å². The van der Waals surface area contributed by atoms with Gasteiger partial charge >= 0.3 is 0 Å². The average Bonchev–Trinajstić information content (AvgIpc) is 2.54. The lowest BCUT2D eigenvalue weighted by Gasteiger charge is -2.15. The Hall–Kier alpha value is 0.650. The zero-order chi connectivity index (χ0) is 22.0. The highest BCUT2D eigenvalue weighted by molar-refractivity contribution is 9.42. The topological polar surface area (TPSA) is 68.3 Å². The third kappa shape index (κ3) is 6.57. The maximum absolute atomic E-state index is 12.0. The SMILES string of the molecule is Cc1ccc(S(=O)(=O)C(Br)(Br)Br)c(C)c1.O=S(=O)(c1ccccc1)C(Cl)(Cl)Cl. The fourth-order valence-electron chi connectivity index (χ4n) is 1.96. The molecule has 12 heteroatoms. The van der Waals surface area contributed by atoms with E-state index in [2.05, 4.69) is 47.8 Å². The molecular weight excluding hydrogens is 666 g/mol. The molecule has 0 saturated heterocycles. The van der Waals surface area contributed by atoms with Crippen molar-refractivity contribution in [3.63, 3.8) is 0 Å². The van der Waals surface area contributed by atoms with Crippen LogP contribution in [0.4, 0.5) is 0 Å². The predicted molar refractivity (Wildman–Crippen MR) is 127 cm³/mol. The van der Waals surface area contributed by atoms with Crippen molar-refractivity contribution in [2.24, 2.45) is 0 Å². The molecule has 0 radical (unpaired) electrons. The minimum atomic E-state index is -3.88. The van der Waals surface area contributed by atoms with Crippen LogP contribution in [-0.2, 0) is 19.7 Å². The first kappa shape index (κ1) is 26.7. The summed E-state index contributed by atoms with van der Waals surface area (Å²) in [6.45, 7) is 3.70. The van der Waals surface area contributed by atoms with Crippen LogP contribution in [0, 0.1) is 13.8 Å². The molecule has 0 atom stereocenters. The van der Waals surface area contributed by atoms with Crippen LogP contribution >= 0.6 is 82.6 Å². The Kier molecular flexibility index (Phi) is 9.39. The lowest BCUT2D eigenvalue weighted by molar-refractivity contribution is 0.595. The number of alkyl halides is 6. The van der Waals surface area contributed by atoms with Crippen LogP contribution in [0.1, 0.15) is 11.1 Å². The van der Waals surface area contributed by atoms with E-state index in [4.69, 9.17) is 34.8 Å². The summed E-state index contributed by atoms with van der Waals surface area (Å²) < 4.78 is 43.4. The van der Waals surface area contributed by atoms with Crippen molar-refractivity contribution in [2.45, 2.75) is 28.2 Å². The van der Waals surface area contributed by atoms with E-state index in [9.17, 15) is 16.8 Å². The number of hydrogen-bond donors (Lipinski definition) is 0. The molecule has 0 aliphatic rings. The summed E-state index contributed by atoms with van der Waals surface area (Å²) in [7, 11) is -7.35. The van der Waals surface area contributed by atoms with E-state index < -0.39 is 24.3 Å². The van der Waals surface area contributed by atoms with Gasteiger partial charge < -0.3 is 0 Å². The zero-order valence-electron chi connectivity index (χ0n) is 14.3. The fraction of sp³-hybridized carbons (Fsp3) is 0.250. The van der Waals surface area contributed by atoms with Crippen molar-refractivity contribution in [1.82, 2.24) is 0 Å². The number of aryl methyl sites for hydroxylation is 2. The number of benzene rings is 2. The molecule has 28 heavy (non-hydrogen) atoms. The third-order valence-electron chi connectivity index (χ3n) is 3.28. The lowest BCUT2D eigenvalue weighted by atomic mass is 10.2. The van der Waals surface area contributed by atoms with Gasteiger partial charge in [0.05, 0.1) is 9.79 Å². The van der Waals surface area contributed by atoms with Gasteiger partial charge in [-0.2, -0.15) is 0 Å². The van der Waals surface area contributed by atoms with Gasteiger partial charge in [0.15, 0.2) is 0 Å². The number of hydrogen-bond acceptors (Lipinski definition) is 4. The molecular formula is C16H14Br3Cl3O4S2. The molecule has 0 heterocycles. The van der Waals surface area contributed by atoms with E-state index in [0.717, 1.165) is 11.1 Å². The maximum Gasteiger partial charge on any atom is 0.296 e. The second kappa shape index (κ2) is 9.85. The fourth-order valence-corrected chi connectivity index (χ4v) is 6.09. The largest absolute Gasteiger partial charge is 0.296 e. The first-order valence-corrected chi connectivity index (χ1v) is 13.7. The Bertz CT molecular complexity index is 1030. The minimum Gasteiger partial charge on any atom is -0.220 e. The molecule has 0 aliphatic carbocycles. The molecule has 0 saturated carbocycles. The van der Waals surface area contributed by atoms with Crippen molar-refractivity contribution in [2.75, 3.05) is 0 Å². The standard InChI is InChI=1S/C9H9Br3O2S.C7H5Cl3O2S/c1-6-3-4-8(7(2)5-6)15(13,14)9(10,11)12;8-7(9,10)13(11,12)6-4-2-1-3-5-6/h3-5H,1-2H3;1-5H. The second-order valence-electron chi connectivity index (χ2n) is 5.48. The molecule has 2 rings (SSSR count). The van der Waals surface area contributed by atoms with E-state index in [1.807, 2.05) is 13.0 Å². The summed E-state index contributed by atoms with van der Waals surface area (Å²) in [6, 6.07) is 12.8. The molecule has 0 fully saturated rings. The van der Waals surface area contributed by atoms with E-state index in [-0.39, 0.29) is 4.90 Å². The summed E-state index contributed by atoms with van der Waals surface area (Å²) >= 11 is 25.0. The highest BCUT2D eigenvalue weighted by Gasteiger charge is 2.39.